The Morgan fingerprint density at radius 1 is 1.22 bits per heavy atom. The van der Waals surface area contributed by atoms with Gasteiger partial charge < -0.3 is 9.84 Å². The molecule has 0 aliphatic rings. The first-order chi connectivity index (χ1) is 11.0. The fourth-order valence-electron chi connectivity index (χ4n) is 2.83. The number of aryl methyl sites for hydroxylation is 3. The molecule has 120 valence electrons. The van der Waals surface area contributed by atoms with Crippen molar-refractivity contribution in [3.63, 3.8) is 0 Å². The quantitative estimate of drug-likeness (QED) is 0.802. The molecule has 0 amide bonds. The molecule has 4 nitrogen and oxygen atoms in total. The molecule has 1 aromatic carbocycles. The van der Waals surface area contributed by atoms with Crippen LogP contribution in [0.15, 0.2) is 30.5 Å². The molecule has 0 aliphatic carbocycles. The molecule has 2 heterocycles. The van der Waals surface area contributed by atoms with Gasteiger partial charge in [-0.15, -0.1) is 0 Å². The van der Waals surface area contributed by atoms with Crippen molar-refractivity contribution in [1.82, 2.24) is 9.38 Å². The van der Waals surface area contributed by atoms with E-state index in [4.69, 9.17) is 4.74 Å². The molecule has 23 heavy (non-hydrogen) atoms. The van der Waals surface area contributed by atoms with Crippen LogP contribution in [-0.2, 0) is 13.2 Å². The van der Waals surface area contributed by atoms with E-state index in [1.165, 1.54) is 12.1 Å². The molecule has 0 fully saturated rings. The van der Waals surface area contributed by atoms with Gasteiger partial charge in [0.05, 0.1) is 18.0 Å². The van der Waals surface area contributed by atoms with Crippen LogP contribution in [0.25, 0.3) is 5.65 Å². The lowest BCUT2D eigenvalue weighted by molar-refractivity contribution is 0.274. The van der Waals surface area contributed by atoms with Crippen molar-refractivity contribution in [2.24, 2.45) is 0 Å². The van der Waals surface area contributed by atoms with Gasteiger partial charge in [0, 0.05) is 6.20 Å². The van der Waals surface area contributed by atoms with Crippen LogP contribution in [-0.4, -0.2) is 14.5 Å². The highest BCUT2D eigenvalue weighted by molar-refractivity contribution is 5.56. The Bertz CT molecular complexity index is 848. The van der Waals surface area contributed by atoms with Crippen LogP contribution in [0.5, 0.6) is 5.75 Å². The summed E-state index contributed by atoms with van der Waals surface area (Å²) in [7, 11) is 0. The topological polar surface area (TPSA) is 46.8 Å². The van der Waals surface area contributed by atoms with Gasteiger partial charge in [-0.3, -0.25) is 4.40 Å². The van der Waals surface area contributed by atoms with Gasteiger partial charge in [0.15, 0.2) is 11.4 Å². The first kappa shape index (κ1) is 15.5. The zero-order valence-corrected chi connectivity index (χ0v) is 13.4. The molecule has 0 spiro atoms. The predicted molar refractivity (Wildman–Crippen MR) is 86.1 cm³/mol. The Morgan fingerprint density at radius 2 is 1.91 bits per heavy atom. The fourth-order valence-corrected chi connectivity index (χ4v) is 2.83. The number of imidazole rings is 1. The van der Waals surface area contributed by atoms with Crippen LogP contribution >= 0.6 is 0 Å². The molecular formula is C18H19FN2O2. The summed E-state index contributed by atoms with van der Waals surface area (Å²) in [6, 6.07) is 6.72. The first-order valence-electron chi connectivity index (χ1n) is 7.47. The minimum atomic E-state index is -0.234. The van der Waals surface area contributed by atoms with Gasteiger partial charge >= 0.3 is 0 Å². The van der Waals surface area contributed by atoms with E-state index in [1.807, 2.05) is 43.5 Å². The summed E-state index contributed by atoms with van der Waals surface area (Å²) >= 11 is 0. The maximum Gasteiger partial charge on any atom is 0.180 e. The summed E-state index contributed by atoms with van der Waals surface area (Å²) in [4.78, 5) is 4.47. The smallest absolute Gasteiger partial charge is 0.180 e. The number of ether oxygens (including phenoxy) is 1. The third-order valence-electron chi connectivity index (χ3n) is 4.10. The van der Waals surface area contributed by atoms with Crippen LogP contribution < -0.4 is 4.74 Å². The summed E-state index contributed by atoms with van der Waals surface area (Å²) in [6.07, 6.45) is 1.85. The molecule has 0 bridgehead atoms. The van der Waals surface area contributed by atoms with E-state index < -0.39 is 0 Å². The maximum absolute atomic E-state index is 13.4. The molecule has 1 N–H and O–H groups in total. The van der Waals surface area contributed by atoms with Gasteiger partial charge in [0.2, 0.25) is 0 Å². The Morgan fingerprint density at radius 3 is 2.57 bits per heavy atom. The van der Waals surface area contributed by atoms with Gasteiger partial charge in [0.1, 0.15) is 12.4 Å². The lowest BCUT2D eigenvalue weighted by Gasteiger charge is -2.12. The average molecular weight is 314 g/mol. The molecule has 3 rings (SSSR count). The lowest BCUT2D eigenvalue weighted by atomic mass is 10.0. The predicted octanol–water partition coefficient (Wildman–Crippen LogP) is 3.47. The summed E-state index contributed by atoms with van der Waals surface area (Å²) < 4.78 is 21.1. The van der Waals surface area contributed by atoms with Crippen molar-refractivity contribution in [3.8, 4) is 5.75 Å². The van der Waals surface area contributed by atoms with Crippen LogP contribution in [0.3, 0.4) is 0 Å². The van der Waals surface area contributed by atoms with Crippen LogP contribution in [0.1, 0.15) is 28.1 Å². The van der Waals surface area contributed by atoms with Crippen molar-refractivity contribution in [2.75, 3.05) is 0 Å². The molecule has 0 aliphatic heterocycles. The van der Waals surface area contributed by atoms with Crippen LogP contribution in [0, 0.1) is 26.6 Å². The van der Waals surface area contributed by atoms with Crippen molar-refractivity contribution < 1.29 is 14.2 Å². The number of hydrogen-bond donors (Lipinski definition) is 1. The number of fused-ring (bicyclic) bond motifs is 1. The zero-order valence-electron chi connectivity index (χ0n) is 13.4. The number of nitrogens with zero attached hydrogens (tertiary/aromatic N) is 2. The number of pyridine rings is 1. The van der Waals surface area contributed by atoms with Gasteiger partial charge in [-0.25, -0.2) is 9.37 Å². The maximum atomic E-state index is 13.4. The van der Waals surface area contributed by atoms with E-state index in [0.717, 1.165) is 28.1 Å². The second-order valence-electron chi connectivity index (χ2n) is 5.67. The Balaban J connectivity index is 1.94. The molecule has 3 aromatic rings. The third kappa shape index (κ3) is 2.80. The van der Waals surface area contributed by atoms with Crippen LogP contribution in [0.4, 0.5) is 4.39 Å². The Kier molecular flexibility index (Phi) is 4.05. The van der Waals surface area contributed by atoms with Gasteiger partial charge in [-0.1, -0.05) is 0 Å². The summed E-state index contributed by atoms with van der Waals surface area (Å²) in [6.45, 7) is 5.87. The number of hydrogen-bond acceptors (Lipinski definition) is 3. The zero-order chi connectivity index (χ0) is 16.6. The normalized spacial score (nSPS) is 11.2. The van der Waals surface area contributed by atoms with Gasteiger partial charge in [0.25, 0.3) is 0 Å². The molecule has 0 atom stereocenters. The average Bonchev–Trinajstić information content (AvgIpc) is 2.82. The first-order valence-corrected chi connectivity index (χ1v) is 7.47. The largest absolute Gasteiger partial charge is 0.485 e. The van der Waals surface area contributed by atoms with E-state index in [-0.39, 0.29) is 12.4 Å². The van der Waals surface area contributed by atoms with E-state index in [9.17, 15) is 9.50 Å². The molecule has 0 radical (unpaired) electrons. The highest BCUT2D eigenvalue weighted by Gasteiger charge is 2.13. The molecule has 0 saturated heterocycles. The van der Waals surface area contributed by atoms with E-state index in [0.29, 0.717) is 18.0 Å². The number of aromatic nitrogens is 2. The molecule has 2 aromatic heterocycles. The Labute approximate surface area is 134 Å². The minimum absolute atomic E-state index is 0.0768. The summed E-state index contributed by atoms with van der Waals surface area (Å²) in [5, 5.41) is 9.47. The minimum Gasteiger partial charge on any atom is -0.485 e. The van der Waals surface area contributed by atoms with Crippen molar-refractivity contribution in [3.05, 3.63) is 64.4 Å². The van der Waals surface area contributed by atoms with E-state index in [1.54, 1.807) is 0 Å². The van der Waals surface area contributed by atoms with Gasteiger partial charge in [-0.05, 0) is 61.7 Å². The highest BCUT2D eigenvalue weighted by atomic mass is 19.1. The third-order valence-corrected chi connectivity index (χ3v) is 4.10. The second kappa shape index (κ2) is 6.01. The number of benzene rings is 1. The second-order valence-corrected chi connectivity index (χ2v) is 5.67. The summed E-state index contributed by atoms with van der Waals surface area (Å²) in [5.74, 6) is 0.403. The monoisotopic (exact) mass is 314 g/mol. The fraction of sp³-hybridized carbons (Fsp3) is 0.278. The standard InChI is InChI=1S/C18H19FN2O2/c1-11-7-14(19)8-12(2)15(11)10-23-17-5-4-6-21-16(9-22)13(3)20-18(17)21/h4-8,22H,9-10H2,1-3H3. The van der Waals surface area contributed by atoms with Crippen LogP contribution in [0.2, 0.25) is 0 Å². The van der Waals surface area contributed by atoms with E-state index in [2.05, 4.69) is 4.98 Å². The molecule has 0 unspecified atom stereocenters. The van der Waals surface area contributed by atoms with Gasteiger partial charge in [-0.2, -0.15) is 0 Å². The molecular weight excluding hydrogens is 295 g/mol. The highest BCUT2D eigenvalue weighted by Crippen LogP contribution is 2.24. The van der Waals surface area contributed by atoms with E-state index >= 15 is 0 Å². The number of rotatable bonds is 4. The van der Waals surface area contributed by atoms with Crippen molar-refractivity contribution in [1.29, 1.82) is 0 Å². The number of halogens is 1. The van der Waals surface area contributed by atoms with Crippen molar-refractivity contribution in [2.45, 2.75) is 34.0 Å². The summed E-state index contributed by atoms with van der Waals surface area (Å²) in [5.41, 5.74) is 4.90. The molecule has 5 heteroatoms. The lowest BCUT2D eigenvalue weighted by Crippen LogP contribution is -2.03. The molecule has 0 saturated carbocycles. The number of aliphatic hydroxyl groups excluding tert-OH is 1. The van der Waals surface area contributed by atoms with Crippen molar-refractivity contribution >= 4 is 5.65 Å². The number of aliphatic hydroxyl groups is 1. The SMILES string of the molecule is Cc1cc(F)cc(C)c1COc1cccn2c(CO)c(C)nc12. The Hall–Kier alpha value is -2.40.